The van der Waals surface area contributed by atoms with Gasteiger partial charge in [0.25, 0.3) is 5.91 Å². The summed E-state index contributed by atoms with van der Waals surface area (Å²) < 4.78 is 5.76. The fraction of sp³-hybridized carbons (Fsp3) is 0.556. The van der Waals surface area contributed by atoms with Crippen LogP contribution in [0.5, 0.6) is 5.75 Å². The predicted octanol–water partition coefficient (Wildman–Crippen LogP) is 2.48. The second kappa shape index (κ2) is 9.16. The number of ether oxygens (including phenoxy) is 1. The summed E-state index contributed by atoms with van der Waals surface area (Å²) in [5.74, 6) is 0.410. The van der Waals surface area contributed by atoms with E-state index in [4.69, 9.17) is 10.00 Å². The molecule has 0 saturated heterocycles. The third kappa shape index (κ3) is 6.29. The lowest BCUT2D eigenvalue weighted by Crippen LogP contribution is -2.44. The number of hydrogen-bond donors (Lipinski definition) is 2. The van der Waals surface area contributed by atoms with Crippen molar-refractivity contribution in [1.29, 1.82) is 5.26 Å². The molecule has 2 unspecified atom stereocenters. The Hall–Kier alpha value is -2.06. The zero-order chi connectivity index (χ0) is 17.4. The molecule has 2 N–H and O–H groups in total. The molecule has 0 aromatic heterocycles. The Morgan fingerprint density at radius 1 is 1.30 bits per heavy atom. The molecule has 0 bridgehead atoms. The van der Waals surface area contributed by atoms with Crippen LogP contribution >= 0.6 is 0 Å². The number of nitriles is 1. The summed E-state index contributed by atoms with van der Waals surface area (Å²) in [6.07, 6.45) is -0.654. The van der Waals surface area contributed by atoms with Gasteiger partial charge in [0.2, 0.25) is 0 Å². The van der Waals surface area contributed by atoms with Crippen molar-refractivity contribution >= 4 is 5.91 Å². The fourth-order valence-corrected chi connectivity index (χ4v) is 2.24. The Bertz CT molecular complexity index is 549. The Morgan fingerprint density at radius 3 is 2.52 bits per heavy atom. The van der Waals surface area contributed by atoms with Crippen LogP contribution in [0, 0.1) is 23.2 Å². The molecule has 0 spiro atoms. The van der Waals surface area contributed by atoms with Crippen molar-refractivity contribution in [2.24, 2.45) is 11.8 Å². The maximum Gasteiger partial charge on any atom is 0.261 e. The minimum Gasteiger partial charge on any atom is -0.479 e. The third-order valence-electron chi connectivity index (χ3n) is 3.38. The molecule has 5 nitrogen and oxygen atoms in total. The highest BCUT2D eigenvalue weighted by atomic mass is 16.5. The highest BCUT2D eigenvalue weighted by molar-refractivity contribution is 5.81. The van der Waals surface area contributed by atoms with Crippen LogP contribution in [-0.2, 0) is 4.79 Å². The SMILES string of the molecule is CC(C)CC(O)CNC(=O)C(Oc1ccccc1C#N)C(C)C. The van der Waals surface area contributed by atoms with E-state index in [1.807, 2.05) is 27.7 Å². The summed E-state index contributed by atoms with van der Waals surface area (Å²) in [4.78, 5) is 12.3. The first-order valence-electron chi connectivity index (χ1n) is 7.96. The number of para-hydroxylation sites is 1. The van der Waals surface area contributed by atoms with E-state index in [1.54, 1.807) is 24.3 Å². The molecule has 23 heavy (non-hydrogen) atoms. The molecule has 0 heterocycles. The van der Waals surface area contributed by atoms with Crippen LogP contribution in [0.1, 0.15) is 39.7 Å². The van der Waals surface area contributed by atoms with Gasteiger partial charge < -0.3 is 15.2 Å². The van der Waals surface area contributed by atoms with E-state index in [2.05, 4.69) is 11.4 Å². The number of nitrogens with one attached hydrogen (secondary N) is 1. The molecule has 1 amide bonds. The lowest BCUT2D eigenvalue weighted by Gasteiger charge is -2.23. The van der Waals surface area contributed by atoms with Gasteiger partial charge in [0, 0.05) is 6.54 Å². The number of amides is 1. The first-order valence-corrected chi connectivity index (χ1v) is 7.96. The van der Waals surface area contributed by atoms with E-state index in [0.717, 1.165) is 0 Å². The van der Waals surface area contributed by atoms with E-state index in [9.17, 15) is 9.90 Å². The zero-order valence-electron chi connectivity index (χ0n) is 14.2. The molecule has 0 radical (unpaired) electrons. The standard InChI is InChI=1S/C18H26N2O3/c1-12(2)9-15(21)11-20-18(22)17(13(3)4)23-16-8-6-5-7-14(16)10-19/h5-8,12-13,15,17,21H,9,11H2,1-4H3,(H,20,22). The van der Waals surface area contributed by atoms with Gasteiger partial charge in [-0.05, 0) is 30.4 Å². The number of nitrogens with zero attached hydrogens (tertiary/aromatic N) is 1. The van der Waals surface area contributed by atoms with E-state index in [-0.39, 0.29) is 18.4 Å². The Labute approximate surface area is 138 Å². The molecular formula is C18H26N2O3. The van der Waals surface area contributed by atoms with E-state index < -0.39 is 12.2 Å². The van der Waals surface area contributed by atoms with Crippen molar-refractivity contribution < 1.29 is 14.6 Å². The van der Waals surface area contributed by atoms with E-state index >= 15 is 0 Å². The molecule has 0 aliphatic carbocycles. The van der Waals surface area contributed by atoms with Crippen molar-refractivity contribution in [1.82, 2.24) is 5.32 Å². The van der Waals surface area contributed by atoms with Gasteiger partial charge in [0.15, 0.2) is 6.10 Å². The summed E-state index contributed by atoms with van der Waals surface area (Å²) in [5.41, 5.74) is 0.394. The molecule has 2 atom stereocenters. The summed E-state index contributed by atoms with van der Waals surface area (Å²) in [5, 5.41) is 21.7. The monoisotopic (exact) mass is 318 g/mol. The number of hydrogen-bond acceptors (Lipinski definition) is 4. The van der Waals surface area contributed by atoms with Gasteiger partial charge in [-0.15, -0.1) is 0 Å². The van der Waals surface area contributed by atoms with Gasteiger partial charge >= 0.3 is 0 Å². The number of aliphatic hydroxyl groups is 1. The Balaban J connectivity index is 2.71. The lowest BCUT2D eigenvalue weighted by molar-refractivity contribution is -0.130. The van der Waals surface area contributed by atoms with Gasteiger partial charge in [0.05, 0.1) is 11.7 Å². The van der Waals surface area contributed by atoms with Crippen LogP contribution in [0.3, 0.4) is 0 Å². The number of aliphatic hydroxyl groups excluding tert-OH is 1. The van der Waals surface area contributed by atoms with E-state index in [1.165, 1.54) is 0 Å². The topological polar surface area (TPSA) is 82.3 Å². The highest BCUT2D eigenvalue weighted by Gasteiger charge is 2.25. The summed E-state index contributed by atoms with van der Waals surface area (Å²) in [6, 6.07) is 8.89. The van der Waals surface area contributed by atoms with Crippen LogP contribution in [0.4, 0.5) is 0 Å². The molecule has 1 aromatic carbocycles. The number of benzene rings is 1. The maximum atomic E-state index is 12.3. The second-order valence-electron chi connectivity index (χ2n) is 6.42. The first kappa shape index (κ1) is 19.0. The molecule has 126 valence electrons. The predicted molar refractivity (Wildman–Crippen MR) is 88.9 cm³/mol. The Morgan fingerprint density at radius 2 is 1.96 bits per heavy atom. The second-order valence-corrected chi connectivity index (χ2v) is 6.42. The molecule has 0 saturated carbocycles. The maximum absolute atomic E-state index is 12.3. The molecule has 0 aliphatic heterocycles. The summed E-state index contributed by atoms with van der Waals surface area (Å²) in [7, 11) is 0. The fourth-order valence-electron chi connectivity index (χ4n) is 2.24. The lowest BCUT2D eigenvalue weighted by atomic mass is 10.0. The normalized spacial score (nSPS) is 13.5. The van der Waals surface area contributed by atoms with Crippen LogP contribution in [0.2, 0.25) is 0 Å². The molecule has 0 aliphatic rings. The van der Waals surface area contributed by atoms with Crippen molar-refractivity contribution in [3.63, 3.8) is 0 Å². The van der Waals surface area contributed by atoms with Crippen molar-refractivity contribution in [3.8, 4) is 11.8 Å². The van der Waals surface area contributed by atoms with Gasteiger partial charge in [-0.2, -0.15) is 5.26 Å². The van der Waals surface area contributed by atoms with Gasteiger partial charge in [0.1, 0.15) is 11.8 Å². The minimum atomic E-state index is -0.712. The van der Waals surface area contributed by atoms with Gasteiger partial charge in [-0.1, -0.05) is 39.8 Å². The van der Waals surface area contributed by atoms with Gasteiger partial charge in [-0.3, -0.25) is 4.79 Å². The molecule has 1 rings (SSSR count). The number of carbonyl (C=O) groups excluding carboxylic acids is 1. The van der Waals surface area contributed by atoms with Crippen molar-refractivity contribution in [2.45, 2.75) is 46.3 Å². The quantitative estimate of drug-likeness (QED) is 0.771. The van der Waals surface area contributed by atoms with Crippen LogP contribution in [0.15, 0.2) is 24.3 Å². The smallest absolute Gasteiger partial charge is 0.261 e. The van der Waals surface area contributed by atoms with Gasteiger partial charge in [-0.25, -0.2) is 0 Å². The van der Waals surface area contributed by atoms with E-state index in [0.29, 0.717) is 23.7 Å². The molecular weight excluding hydrogens is 292 g/mol. The molecule has 5 heteroatoms. The minimum absolute atomic E-state index is 0.0657. The third-order valence-corrected chi connectivity index (χ3v) is 3.38. The largest absolute Gasteiger partial charge is 0.479 e. The average molecular weight is 318 g/mol. The van der Waals surface area contributed by atoms with Crippen molar-refractivity contribution in [2.75, 3.05) is 6.54 Å². The molecule has 1 aromatic rings. The average Bonchev–Trinajstić information content (AvgIpc) is 2.49. The van der Waals surface area contributed by atoms with Crippen LogP contribution in [0.25, 0.3) is 0 Å². The Kier molecular flexibility index (Phi) is 7.56. The van der Waals surface area contributed by atoms with Crippen LogP contribution in [-0.4, -0.2) is 29.8 Å². The zero-order valence-corrected chi connectivity index (χ0v) is 14.2. The first-order chi connectivity index (χ1) is 10.8. The number of rotatable bonds is 8. The summed E-state index contributed by atoms with van der Waals surface area (Å²) in [6.45, 7) is 7.99. The molecule has 0 fully saturated rings. The summed E-state index contributed by atoms with van der Waals surface area (Å²) >= 11 is 0. The highest BCUT2D eigenvalue weighted by Crippen LogP contribution is 2.20. The van der Waals surface area contributed by atoms with Crippen molar-refractivity contribution in [3.05, 3.63) is 29.8 Å². The number of carbonyl (C=O) groups is 1. The van der Waals surface area contributed by atoms with Crippen LogP contribution < -0.4 is 10.1 Å².